The summed E-state index contributed by atoms with van der Waals surface area (Å²) in [5.41, 5.74) is 0. The molecule has 1 N–H and O–H groups in total. The van der Waals surface area contributed by atoms with Gasteiger partial charge in [-0.3, -0.25) is 4.79 Å². The summed E-state index contributed by atoms with van der Waals surface area (Å²) in [6, 6.07) is 0. The van der Waals surface area contributed by atoms with E-state index >= 15 is 0 Å². The zero-order chi connectivity index (χ0) is 7.98. The van der Waals surface area contributed by atoms with E-state index in [1.54, 1.807) is 6.92 Å². The first kappa shape index (κ1) is 9.63. The van der Waals surface area contributed by atoms with Crippen molar-refractivity contribution in [3.8, 4) is 0 Å². The number of aliphatic hydroxyl groups is 1. The number of Topliss-reactive ketones (excluding diaryl/α,β-unsaturated/α-hetero) is 1. The number of rotatable bonds is 5. The van der Waals surface area contributed by atoms with Gasteiger partial charge in [0.1, 0.15) is 5.78 Å². The first-order valence-corrected chi connectivity index (χ1v) is 3.86. The van der Waals surface area contributed by atoms with Crippen molar-refractivity contribution in [2.45, 2.75) is 45.6 Å². The van der Waals surface area contributed by atoms with Gasteiger partial charge in [-0.2, -0.15) is 0 Å². The minimum Gasteiger partial charge on any atom is -0.393 e. The van der Waals surface area contributed by atoms with Crippen LogP contribution in [-0.4, -0.2) is 17.0 Å². The van der Waals surface area contributed by atoms with Crippen molar-refractivity contribution < 1.29 is 9.90 Å². The van der Waals surface area contributed by atoms with Crippen LogP contribution in [0, 0.1) is 0 Å². The van der Waals surface area contributed by atoms with Crippen molar-refractivity contribution >= 4 is 5.78 Å². The maximum Gasteiger partial charge on any atom is 0.132 e. The Morgan fingerprint density at radius 1 is 1.50 bits per heavy atom. The zero-order valence-electron chi connectivity index (χ0n) is 6.76. The number of carbonyl (C=O) groups excluding carboxylic acids is 1. The summed E-state index contributed by atoms with van der Waals surface area (Å²) in [4.78, 5) is 10.8. The Balaban J connectivity index is 3.22. The Morgan fingerprint density at radius 3 is 2.50 bits per heavy atom. The van der Waals surface area contributed by atoms with Gasteiger partial charge < -0.3 is 5.11 Å². The average Bonchev–Trinajstić information content (AvgIpc) is 1.85. The smallest absolute Gasteiger partial charge is 0.132 e. The van der Waals surface area contributed by atoms with Crippen LogP contribution >= 0.6 is 0 Å². The van der Waals surface area contributed by atoms with E-state index < -0.39 is 0 Å². The first-order chi connectivity index (χ1) is 4.66. The Kier molecular flexibility index (Phi) is 5.22. The summed E-state index contributed by atoms with van der Waals surface area (Å²) in [5, 5.41) is 8.82. The predicted octanol–water partition coefficient (Wildman–Crippen LogP) is 1.52. The molecule has 60 valence electrons. The van der Waals surface area contributed by atoms with E-state index in [2.05, 4.69) is 0 Å². The van der Waals surface area contributed by atoms with Crippen molar-refractivity contribution in [1.29, 1.82) is 0 Å². The van der Waals surface area contributed by atoms with Crippen molar-refractivity contribution in [2.24, 2.45) is 0 Å². The van der Waals surface area contributed by atoms with Crippen LogP contribution in [0.3, 0.4) is 0 Å². The largest absolute Gasteiger partial charge is 0.393 e. The number of carbonyl (C=O) groups is 1. The Morgan fingerprint density at radius 2 is 2.10 bits per heavy atom. The van der Waals surface area contributed by atoms with Crippen LogP contribution in [0.15, 0.2) is 0 Å². The topological polar surface area (TPSA) is 37.3 Å². The lowest BCUT2D eigenvalue weighted by Gasteiger charge is -2.01. The van der Waals surface area contributed by atoms with Gasteiger partial charge in [0.2, 0.25) is 0 Å². The molecule has 0 unspecified atom stereocenters. The van der Waals surface area contributed by atoms with Gasteiger partial charge in [-0.25, -0.2) is 0 Å². The van der Waals surface area contributed by atoms with Gasteiger partial charge in [-0.1, -0.05) is 6.92 Å². The summed E-state index contributed by atoms with van der Waals surface area (Å²) in [6.45, 7) is 3.69. The third-order valence-electron chi connectivity index (χ3n) is 1.37. The van der Waals surface area contributed by atoms with Crippen LogP contribution in [0.1, 0.15) is 39.5 Å². The molecule has 0 aliphatic rings. The van der Waals surface area contributed by atoms with Gasteiger partial charge in [-0.05, 0) is 19.8 Å². The minimum absolute atomic E-state index is 0.267. The Hall–Kier alpha value is -0.370. The van der Waals surface area contributed by atoms with Crippen molar-refractivity contribution in [1.82, 2.24) is 0 Å². The fourth-order valence-corrected chi connectivity index (χ4v) is 0.774. The van der Waals surface area contributed by atoms with Gasteiger partial charge in [0, 0.05) is 12.8 Å². The minimum atomic E-state index is -0.333. The monoisotopic (exact) mass is 144 g/mol. The molecule has 0 aromatic carbocycles. The summed E-state index contributed by atoms with van der Waals surface area (Å²) >= 11 is 0. The van der Waals surface area contributed by atoms with Crippen LogP contribution in [0.4, 0.5) is 0 Å². The Labute approximate surface area is 62.2 Å². The van der Waals surface area contributed by atoms with E-state index in [1.165, 1.54) is 0 Å². The molecular formula is C8H16O2. The molecule has 0 aliphatic carbocycles. The molecule has 2 heteroatoms. The van der Waals surface area contributed by atoms with E-state index in [1.807, 2.05) is 6.92 Å². The summed E-state index contributed by atoms with van der Waals surface area (Å²) in [7, 11) is 0. The molecule has 1 atom stereocenters. The molecule has 0 amide bonds. The number of aliphatic hydroxyl groups excluding tert-OH is 1. The van der Waals surface area contributed by atoms with Crippen molar-refractivity contribution in [2.75, 3.05) is 0 Å². The lowest BCUT2D eigenvalue weighted by atomic mass is 10.1. The SMILES string of the molecule is CCCC(=O)CC[C@@H](C)O. The Bertz CT molecular complexity index is 97.4. The second-order valence-electron chi connectivity index (χ2n) is 2.68. The first-order valence-electron chi connectivity index (χ1n) is 3.86. The summed E-state index contributed by atoms with van der Waals surface area (Å²) < 4.78 is 0. The van der Waals surface area contributed by atoms with Gasteiger partial charge in [0.25, 0.3) is 0 Å². The molecule has 10 heavy (non-hydrogen) atoms. The molecule has 0 spiro atoms. The second kappa shape index (κ2) is 5.42. The highest BCUT2D eigenvalue weighted by atomic mass is 16.3. The third-order valence-corrected chi connectivity index (χ3v) is 1.37. The van der Waals surface area contributed by atoms with Crippen LogP contribution in [0.5, 0.6) is 0 Å². The van der Waals surface area contributed by atoms with Gasteiger partial charge >= 0.3 is 0 Å². The molecule has 0 heterocycles. The number of hydrogen-bond donors (Lipinski definition) is 1. The highest BCUT2D eigenvalue weighted by molar-refractivity contribution is 5.78. The zero-order valence-corrected chi connectivity index (χ0v) is 6.76. The fourth-order valence-electron chi connectivity index (χ4n) is 0.774. The number of hydrogen-bond acceptors (Lipinski definition) is 2. The summed E-state index contributed by atoms with van der Waals surface area (Å²) in [6.07, 6.45) is 2.39. The van der Waals surface area contributed by atoms with Crippen LogP contribution in [-0.2, 0) is 4.79 Å². The second-order valence-corrected chi connectivity index (χ2v) is 2.68. The van der Waals surface area contributed by atoms with E-state index in [0.717, 1.165) is 6.42 Å². The fraction of sp³-hybridized carbons (Fsp3) is 0.875. The standard InChI is InChI=1S/C8H16O2/c1-3-4-8(10)6-5-7(2)9/h7,9H,3-6H2,1-2H3/t7-/m1/s1. The lowest BCUT2D eigenvalue weighted by molar-refractivity contribution is -0.119. The molecule has 0 radical (unpaired) electrons. The van der Waals surface area contributed by atoms with Crippen LogP contribution < -0.4 is 0 Å². The van der Waals surface area contributed by atoms with E-state index in [0.29, 0.717) is 19.3 Å². The quantitative estimate of drug-likeness (QED) is 0.635. The molecule has 0 aromatic rings. The highest BCUT2D eigenvalue weighted by Gasteiger charge is 2.01. The van der Waals surface area contributed by atoms with E-state index in [9.17, 15) is 4.79 Å². The number of ketones is 1. The molecule has 0 aliphatic heterocycles. The highest BCUT2D eigenvalue weighted by Crippen LogP contribution is 2.00. The van der Waals surface area contributed by atoms with Crippen molar-refractivity contribution in [3.05, 3.63) is 0 Å². The third kappa shape index (κ3) is 5.76. The average molecular weight is 144 g/mol. The predicted molar refractivity (Wildman–Crippen MR) is 40.8 cm³/mol. The van der Waals surface area contributed by atoms with Crippen molar-refractivity contribution in [3.63, 3.8) is 0 Å². The molecule has 0 fully saturated rings. The van der Waals surface area contributed by atoms with Gasteiger partial charge in [0.05, 0.1) is 6.10 Å². The maximum atomic E-state index is 10.8. The van der Waals surface area contributed by atoms with Gasteiger partial charge in [0.15, 0.2) is 0 Å². The summed E-state index contributed by atoms with van der Waals surface area (Å²) in [5.74, 6) is 0.267. The molecule has 0 saturated carbocycles. The molecule has 0 rings (SSSR count). The molecular weight excluding hydrogens is 128 g/mol. The molecule has 0 bridgehead atoms. The molecule has 0 aromatic heterocycles. The van der Waals surface area contributed by atoms with Crippen LogP contribution in [0.2, 0.25) is 0 Å². The molecule has 0 saturated heterocycles. The van der Waals surface area contributed by atoms with Crippen LogP contribution in [0.25, 0.3) is 0 Å². The van der Waals surface area contributed by atoms with E-state index in [4.69, 9.17) is 5.11 Å². The lowest BCUT2D eigenvalue weighted by Crippen LogP contribution is -2.04. The van der Waals surface area contributed by atoms with E-state index in [-0.39, 0.29) is 11.9 Å². The van der Waals surface area contributed by atoms with Gasteiger partial charge in [-0.15, -0.1) is 0 Å². The normalized spacial score (nSPS) is 13.1. The maximum absolute atomic E-state index is 10.8. The molecule has 2 nitrogen and oxygen atoms in total.